The Bertz CT molecular complexity index is 535. The van der Waals surface area contributed by atoms with E-state index in [2.05, 4.69) is 6.07 Å². The molecular formula is C15H20N2OS. The van der Waals surface area contributed by atoms with Gasteiger partial charge in [0, 0.05) is 35.3 Å². The first-order chi connectivity index (χ1) is 8.93. The summed E-state index contributed by atoms with van der Waals surface area (Å²) >= 11 is 1.49. The van der Waals surface area contributed by atoms with E-state index in [4.69, 9.17) is 0 Å². The molecule has 0 spiro atoms. The van der Waals surface area contributed by atoms with E-state index in [0.717, 1.165) is 10.6 Å². The van der Waals surface area contributed by atoms with Crippen molar-refractivity contribution < 1.29 is 4.79 Å². The summed E-state index contributed by atoms with van der Waals surface area (Å²) in [6.45, 7) is 5.59. The number of aryl methyl sites for hydroxylation is 1. The summed E-state index contributed by atoms with van der Waals surface area (Å²) in [6, 6.07) is 6.16. The van der Waals surface area contributed by atoms with Gasteiger partial charge in [-0.2, -0.15) is 5.26 Å². The molecule has 0 saturated heterocycles. The largest absolute Gasteiger partial charge is 0.353 e. The van der Waals surface area contributed by atoms with Crippen molar-refractivity contribution in [2.75, 3.05) is 6.26 Å². The highest BCUT2D eigenvalue weighted by Crippen LogP contribution is 2.34. The van der Waals surface area contributed by atoms with Crippen LogP contribution in [-0.2, 0) is 11.8 Å². The van der Waals surface area contributed by atoms with Crippen LogP contribution in [0, 0.1) is 17.2 Å². The average molecular weight is 276 g/mol. The van der Waals surface area contributed by atoms with Gasteiger partial charge in [-0.05, 0) is 25.3 Å². The monoisotopic (exact) mass is 276 g/mol. The molecule has 1 aromatic heterocycles. The number of allylic oxidation sites excluding steroid dienone is 2. The first-order valence-electron chi connectivity index (χ1n) is 6.23. The normalized spacial score (nSPS) is 13.9. The fourth-order valence-electron chi connectivity index (χ4n) is 2.08. The third-order valence-electron chi connectivity index (χ3n) is 3.15. The van der Waals surface area contributed by atoms with Crippen molar-refractivity contribution in [3.8, 4) is 6.07 Å². The molecule has 1 heterocycles. The van der Waals surface area contributed by atoms with Gasteiger partial charge in [0.05, 0.1) is 6.07 Å². The van der Waals surface area contributed by atoms with Crippen molar-refractivity contribution in [1.82, 2.24) is 4.57 Å². The fraction of sp³-hybridized carbons (Fsp3) is 0.467. The van der Waals surface area contributed by atoms with Crippen molar-refractivity contribution in [2.24, 2.45) is 13.0 Å². The lowest BCUT2D eigenvalue weighted by atomic mass is 9.96. The van der Waals surface area contributed by atoms with Crippen LogP contribution in [0.5, 0.6) is 0 Å². The number of hydrogen-bond acceptors (Lipinski definition) is 3. The van der Waals surface area contributed by atoms with E-state index < -0.39 is 0 Å². The zero-order chi connectivity index (χ0) is 14.6. The Balaban J connectivity index is 3.29. The number of Topliss-reactive ketones (excluding diaryl/α,β-unsaturated/α-hetero) is 1. The molecule has 0 radical (unpaired) electrons. The van der Waals surface area contributed by atoms with Gasteiger partial charge in [0.2, 0.25) is 0 Å². The molecule has 0 aliphatic rings. The van der Waals surface area contributed by atoms with Crippen molar-refractivity contribution in [3.05, 3.63) is 34.5 Å². The third-order valence-corrected chi connectivity index (χ3v) is 4.14. The molecule has 0 N–H and O–H groups in total. The van der Waals surface area contributed by atoms with Gasteiger partial charge in [-0.3, -0.25) is 4.79 Å². The highest BCUT2D eigenvalue weighted by molar-refractivity contribution is 8.02. The quantitative estimate of drug-likeness (QED) is 0.773. The predicted molar refractivity (Wildman–Crippen MR) is 79.8 cm³/mol. The van der Waals surface area contributed by atoms with Gasteiger partial charge >= 0.3 is 0 Å². The molecule has 0 aliphatic carbocycles. The predicted octanol–water partition coefficient (Wildman–Crippen LogP) is 3.49. The second kappa shape index (κ2) is 6.63. The number of carbonyl (C=O) groups is 1. The summed E-state index contributed by atoms with van der Waals surface area (Å²) in [5.74, 6) is -0.314. The van der Waals surface area contributed by atoms with Crippen LogP contribution in [0.2, 0.25) is 0 Å². The maximum absolute atomic E-state index is 12.1. The molecule has 0 saturated carbocycles. The van der Waals surface area contributed by atoms with Gasteiger partial charge in [0.15, 0.2) is 5.78 Å². The minimum atomic E-state index is -0.377. The Morgan fingerprint density at radius 1 is 1.47 bits per heavy atom. The highest BCUT2D eigenvalue weighted by atomic mass is 32.2. The molecule has 0 aromatic carbocycles. The first-order valence-corrected chi connectivity index (χ1v) is 7.46. The topological polar surface area (TPSA) is 45.8 Å². The van der Waals surface area contributed by atoms with Gasteiger partial charge in [0.1, 0.15) is 5.92 Å². The highest BCUT2D eigenvalue weighted by Gasteiger charge is 2.23. The van der Waals surface area contributed by atoms with E-state index in [1.807, 2.05) is 57.0 Å². The molecule has 1 atom stereocenters. The number of ketones is 1. The Morgan fingerprint density at radius 2 is 2.11 bits per heavy atom. The Morgan fingerprint density at radius 3 is 2.47 bits per heavy atom. The van der Waals surface area contributed by atoms with Crippen LogP contribution in [0.15, 0.2) is 28.8 Å². The number of aromatic nitrogens is 1. The van der Waals surface area contributed by atoms with Crippen LogP contribution in [-0.4, -0.2) is 16.6 Å². The minimum absolute atomic E-state index is 0.0464. The lowest BCUT2D eigenvalue weighted by molar-refractivity contribution is -0.118. The summed E-state index contributed by atoms with van der Waals surface area (Å²) < 4.78 is 1.93. The summed E-state index contributed by atoms with van der Waals surface area (Å²) in [6.07, 6.45) is 3.83. The molecule has 0 bridgehead atoms. The van der Waals surface area contributed by atoms with Gasteiger partial charge < -0.3 is 4.57 Å². The molecule has 0 aliphatic heterocycles. The standard InChI is InChI=1S/C15H20N2OS/c1-10(2)14(18)11(3)15(19-5)12(9-16)13-7-6-8-17(13)4/h6-8,10,12H,1-5H3/b15-11+. The van der Waals surface area contributed by atoms with Gasteiger partial charge in [-0.1, -0.05) is 13.8 Å². The van der Waals surface area contributed by atoms with E-state index in [1.54, 1.807) is 0 Å². The van der Waals surface area contributed by atoms with Gasteiger partial charge in [-0.15, -0.1) is 11.8 Å². The number of nitriles is 1. The number of carbonyl (C=O) groups excluding carboxylic acids is 1. The van der Waals surface area contributed by atoms with Crippen LogP contribution >= 0.6 is 11.8 Å². The van der Waals surface area contributed by atoms with E-state index >= 15 is 0 Å². The summed E-state index contributed by atoms with van der Waals surface area (Å²) in [7, 11) is 1.91. The van der Waals surface area contributed by atoms with Crippen molar-refractivity contribution >= 4 is 17.5 Å². The molecule has 1 unspecified atom stereocenters. The summed E-state index contributed by atoms with van der Waals surface area (Å²) in [5.41, 5.74) is 1.62. The Hall–Kier alpha value is -1.47. The number of rotatable bonds is 5. The molecule has 0 amide bonds. The van der Waals surface area contributed by atoms with E-state index in [0.29, 0.717) is 5.57 Å². The average Bonchev–Trinajstić information content (AvgIpc) is 2.80. The number of thioether (sulfide) groups is 1. The lowest BCUT2D eigenvalue weighted by Gasteiger charge is -2.17. The van der Waals surface area contributed by atoms with Crippen LogP contribution in [0.3, 0.4) is 0 Å². The maximum Gasteiger partial charge on any atom is 0.161 e. The molecule has 1 aromatic rings. The second-order valence-corrected chi connectivity index (χ2v) is 5.67. The zero-order valence-corrected chi connectivity index (χ0v) is 12.9. The first kappa shape index (κ1) is 15.6. The van der Waals surface area contributed by atoms with Crippen molar-refractivity contribution in [3.63, 3.8) is 0 Å². The van der Waals surface area contributed by atoms with E-state index in [9.17, 15) is 10.1 Å². The van der Waals surface area contributed by atoms with Crippen molar-refractivity contribution in [2.45, 2.75) is 26.7 Å². The lowest BCUT2D eigenvalue weighted by Crippen LogP contribution is -2.13. The van der Waals surface area contributed by atoms with Crippen molar-refractivity contribution in [1.29, 1.82) is 5.26 Å². The second-order valence-electron chi connectivity index (χ2n) is 4.82. The molecule has 4 heteroatoms. The minimum Gasteiger partial charge on any atom is -0.353 e. The Kier molecular flexibility index (Phi) is 5.44. The van der Waals surface area contributed by atoms with Crippen LogP contribution < -0.4 is 0 Å². The number of hydrogen-bond donors (Lipinski definition) is 0. The molecule has 0 fully saturated rings. The molecule has 102 valence electrons. The summed E-state index contributed by atoms with van der Waals surface area (Å²) in [5, 5.41) is 9.47. The SMILES string of the molecule is CS/C(=C(\C)C(=O)C(C)C)C(C#N)c1cccn1C. The number of nitrogens with zero attached hydrogens (tertiary/aromatic N) is 2. The third kappa shape index (κ3) is 3.30. The smallest absolute Gasteiger partial charge is 0.161 e. The van der Waals surface area contributed by atoms with Gasteiger partial charge in [-0.25, -0.2) is 0 Å². The molecular weight excluding hydrogens is 256 g/mol. The van der Waals surface area contributed by atoms with E-state index in [-0.39, 0.29) is 17.6 Å². The van der Waals surface area contributed by atoms with Crippen LogP contribution in [0.4, 0.5) is 0 Å². The van der Waals surface area contributed by atoms with Crippen LogP contribution in [0.1, 0.15) is 32.4 Å². The Labute approximate surface area is 119 Å². The molecule has 3 nitrogen and oxygen atoms in total. The van der Waals surface area contributed by atoms with Crippen LogP contribution in [0.25, 0.3) is 0 Å². The van der Waals surface area contributed by atoms with Gasteiger partial charge in [0.25, 0.3) is 0 Å². The van der Waals surface area contributed by atoms with E-state index in [1.165, 1.54) is 11.8 Å². The molecule has 19 heavy (non-hydrogen) atoms. The fourth-order valence-corrected chi connectivity index (χ4v) is 2.89. The summed E-state index contributed by atoms with van der Waals surface area (Å²) in [4.78, 5) is 13.0. The zero-order valence-electron chi connectivity index (χ0n) is 12.1. The maximum atomic E-state index is 12.1. The molecule has 1 rings (SSSR count).